The van der Waals surface area contributed by atoms with E-state index in [4.69, 9.17) is 9.26 Å². The zero-order chi connectivity index (χ0) is 19.8. The zero-order valence-corrected chi connectivity index (χ0v) is 15.1. The fourth-order valence-electron chi connectivity index (χ4n) is 2.95. The number of hydrogen-bond donors (Lipinski definition) is 0. The molecule has 8 heteroatoms. The number of amides is 2. The van der Waals surface area contributed by atoms with Gasteiger partial charge in [-0.25, -0.2) is 9.69 Å². The average Bonchev–Trinajstić information content (AvgIpc) is 3.24. The van der Waals surface area contributed by atoms with E-state index in [-0.39, 0.29) is 11.5 Å². The highest BCUT2D eigenvalue weighted by atomic mass is 16.6. The summed E-state index contributed by atoms with van der Waals surface area (Å²) in [7, 11) is 0. The van der Waals surface area contributed by atoms with Gasteiger partial charge in [0, 0.05) is 0 Å². The molecular weight excluding hydrogens is 362 g/mol. The predicted octanol–water partition coefficient (Wildman–Crippen LogP) is 3.10. The quantitative estimate of drug-likeness (QED) is 0.508. The third-order valence-corrected chi connectivity index (χ3v) is 4.31. The van der Waals surface area contributed by atoms with Crippen molar-refractivity contribution in [1.29, 1.82) is 0 Å². The number of esters is 1. The number of hydrogen-bond acceptors (Lipinski definition) is 7. The van der Waals surface area contributed by atoms with Gasteiger partial charge in [-0.3, -0.25) is 9.59 Å². The van der Waals surface area contributed by atoms with E-state index in [2.05, 4.69) is 10.1 Å². The first-order valence-electron chi connectivity index (χ1n) is 8.55. The average molecular weight is 377 g/mol. The number of carbonyl (C=O) groups excluding carboxylic acids is 3. The van der Waals surface area contributed by atoms with E-state index >= 15 is 0 Å². The summed E-state index contributed by atoms with van der Waals surface area (Å²) in [6, 6.07) is 12.7. The minimum Gasteiger partial charge on any atom is -0.449 e. The van der Waals surface area contributed by atoms with Crippen LogP contribution in [0.5, 0.6) is 0 Å². The summed E-state index contributed by atoms with van der Waals surface area (Å²) in [6.07, 6.45) is -0.739. The SMILES string of the molecule is Cc1noc([C@H](C)OC(=O)c2cccc(N3C(=O)c4ccccc4C3=O)c2)n1. The van der Waals surface area contributed by atoms with Gasteiger partial charge in [0.1, 0.15) is 0 Å². The summed E-state index contributed by atoms with van der Waals surface area (Å²) in [4.78, 5) is 42.8. The van der Waals surface area contributed by atoms with Crippen molar-refractivity contribution >= 4 is 23.5 Å². The Balaban J connectivity index is 1.58. The first-order chi connectivity index (χ1) is 13.5. The van der Waals surface area contributed by atoms with Crippen LogP contribution >= 0.6 is 0 Å². The van der Waals surface area contributed by atoms with Crippen molar-refractivity contribution in [2.24, 2.45) is 0 Å². The summed E-state index contributed by atoms with van der Waals surface area (Å²) in [6.45, 7) is 3.27. The Morgan fingerprint density at radius 2 is 1.75 bits per heavy atom. The molecule has 2 heterocycles. The Bertz CT molecular complexity index is 1070. The van der Waals surface area contributed by atoms with Crippen molar-refractivity contribution in [3.8, 4) is 0 Å². The van der Waals surface area contributed by atoms with Crippen molar-refractivity contribution in [3.05, 3.63) is 76.9 Å². The monoisotopic (exact) mass is 377 g/mol. The molecule has 0 fully saturated rings. The van der Waals surface area contributed by atoms with E-state index in [1.165, 1.54) is 12.1 Å². The second-order valence-electron chi connectivity index (χ2n) is 6.27. The molecule has 2 aromatic carbocycles. The van der Waals surface area contributed by atoms with Gasteiger partial charge in [0.05, 0.1) is 22.4 Å². The smallest absolute Gasteiger partial charge is 0.338 e. The maximum Gasteiger partial charge on any atom is 0.338 e. The van der Waals surface area contributed by atoms with Gasteiger partial charge in [0.2, 0.25) is 0 Å². The molecule has 1 aliphatic rings. The molecule has 0 unspecified atom stereocenters. The molecule has 1 atom stereocenters. The maximum absolute atomic E-state index is 12.6. The molecular formula is C20H15N3O5. The lowest BCUT2D eigenvalue weighted by molar-refractivity contribution is 0.0265. The molecule has 0 radical (unpaired) electrons. The van der Waals surface area contributed by atoms with Gasteiger partial charge in [-0.15, -0.1) is 0 Å². The molecule has 0 N–H and O–H groups in total. The van der Waals surface area contributed by atoms with E-state index in [0.717, 1.165) is 4.90 Å². The van der Waals surface area contributed by atoms with Gasteiger partial charge >= 0.3 is 5.97 Å². The van der Waals surface area contributed by atoms with Gasteiger partial charge in [-0.2, -0.15) is 4.98 Å². The Hall–Kier alpha value is -3.81. The number of benzene rings is 2. The topological polar surface area (TPSA) is 103 Å². The van der Waals surface area contributed by atoms with Crippen LogP contribution in [0.15, 0.2) is 53.1 Å². The first kappa shape index (κ1) is 17.6. The number of nitrogens with zero attached hydrogens (tertiary/aromatic N) is 3. The molecule has 0 saturated carbocycles. The number of aryl methyl sites for hydroxylation is 1. The molecule has 140 valence electrons. The van der Waals surface area contributed by atoms with Gasteiger partial charge in [0.25, 0.3) is 17.7 Å². The Kier molecular flexibility index (Phi) is 4.23. The van der Waals surface area contributed by atoms with E-state index < -0.39 is 23.9 Å². The van der Waals surface area contributed by atoms with Crippen LogP contribution in [0.2, 0.25) is 0 Å². The van der Waals surface area contributed by atoms with Crippen LogP contribution < -0.4 is 4.90 Å². The highest BCUT2D eigenvalue weighted by Crippen LogP contribution is 2.29. The Labute approximate surface area is 159 Å². The normalized spacial score (nSPS) is 14.1. The number of rotatable bonds is 4. The van der Waals surface area contributed by atoms with Crippen molar-refractivity contribution in [1.82, 2.24) is 10.1 Å². The summed E-state index contributed by atoms with van der Waals surface area (Å²) in [5.41, 5.74) is 1.15. The number of aromatic nitrogens is 2. The standard InChI is InChI=1S/C20H15N3O5/c1-11(17-21-12(2)22-28-17)27-20(26)13-6-5-7-14(10-13)23-18(24)15-8-3-4-9-16(15)19(23)25/h3-11H,1-2H3/t11-/m0/s1. The minimum absolute atomic E-state index is 0.183. The van der Waals surface area contributed by atoms with E-state index in [9.17, 15) is 14.4 Å². The number of fused-ring (bicyclic) bond motifs is 1. The van der Waals surface area contributed by atoms with Gasteiger partial charge in [-0.05, 0) is 44.2 Å². The van der Waals surface area contributed by atoms with Crippen molar-refractivity contribution in [2.45, 2.75) is 20.0 Å². The maximum atomic E-state index is 12.6. The van der Waals surface area contributed by atoms with Gasteiger partial charge < -0.3 is 9.26 Å². The zero-order valence-electron chi connectivity index (χ0n) is 15.1. The molecule has 1 aliphatic heterocycles. The molecule has 0 spiro atoms. The van der Waals surface area contributed by atoms with Crippen molar-refractivity contribution in [2.75, 3.05) is 4.90 Å². The molecule has 1 aromatic heterocycles. The molecule has 0 bridgehead atoms. The fourth-order valence-corrected chi connectivity index (χ4v) is 2.95. The molecule has 28 heavy (non-hydrogen) atoms. The summed E-state index contributed by atoms with van der Waals surface area (Å²) in [5, 5.41) is 3.66. The largest absolute Gasteiger partial charge is 0.449 e. The minimum atomic E-state index is -0.739. The second kappa shape index (κ2) is 6.73. The van der Waals surface area contributed by atoms with Crippen LogP contribution in [0.25, 0.3) is 0 Å². The second-order valence-corrected chi connectivity index (χ2v) is 6.27. The van der Waals surface area contributed by atoms with E-state index in [1.54, 1.807) is 50.2 Å². The van der Waals surface area contributed by atoms with Crippen molar-refractivity contribution in [3.63, 3.8) is 0 Å². The van der Waals surface area contributed by atoms with E-state index in [1.807, 2.05) is 0 Å². The lowest BCUT2D eigenvalue weighted by Gasteiger charge is -2.15. The van der Waals surface area contributed by atoms with Crippen LogP contribution in [0, 0.1) is 6.92 Å². The molecule has 2 amide bonds. The Morgan fingerprint density at radius 3 is 2.36 bits per heavy atom. The highest BCUT2D eigenvalue weighted by molar-refractivity contribution is 6.34. The molecule has 0 aliphatic carbocycles. The lowest BCUT2D eigenvalue weighted by atomic mass is 10.1. The molecule has 4 rings (SSSR count). The Morgan fingerprint density at radius 1 is 1.07 bits per heavy atom. The summed E-state index contributed by atoms with van der Waals surface area (Å²) in [5.74, 6) is -0.878. The van der Waals surface area contributed by atoms with Crippen LogP contribution in [-0.2, 0) is 4.74 Å². The van der Waals surface area contributed by atoms with Crippen molar-refractivity contribution < 1.29 is 23.6 Å². The summed E-state index contributed by atoms with van der Waals surface area (Å²) >= 11 is 0. The van der Waals surface area contributed by atoms with Crippen LogP contribution in [0.1, 0.15) is 55.8 Å². The molecule has 3 aromatic rings. The third-order valence-electron chi connectivity index (χ3n) is 4.31. The molecule has 8 nitrogen and oxygen atoms in total. The third kappa shape index (κ3) is 2.94. The summed E-state index contributed by atoms with van der Waals surface area (Å²) < 4.78 is 10.3. The van der Waals surface area contributed by atoms with Gasteiger partial charge in [0.15, 0.2) is 11.9 Å². The molecule has 0 saturated heterocycles. The predicted molar refractivity (Wildman–Crippen MR) is 96.9 cm³/mol. The number of ether oxygens (including phenoxy) is 1. The first-order valence-corrected chi connectivity index (χ1v) is 8.55. The van der Waals surface area contributed by atoms with Crippen LogP contribution in [0.4, 0.5) is 5.69 Å². The van der Waals surface area contributed by atoms with Crippen LogP contribution in [-0.4, -0.2) is 27.9 Å². The van der Waals surface area contributed by atoms with Crippen LogP contribution in [0.3, 0.4) is 0 Å². The lowest BCUT2D eigenvalue weighted by Crippen LogP contribution is -2.29. The number of imide groups is 1. The van der Waals surface area contributed by atoms with Gasteiger partial charge in [-0.1, -0.05) is 23.4 Å². The fraction of sp³-hybridized carbons (Fsp3) is 0.150. The number of anilines is 1. The highest BCUT2D eigenvalue weighted by Gasteiger charge is 2.36. The van der Waals surface area contributed by atoms with E-state index in [0.29, 0.717) is 22.6 Å². The number of carbonyl (C=O) groups is 3.